The van der Waals surface area contributed by atoms with Crippen LogP contribution in [0.15, 0.2) is 0 Å². The fourth-order valence-electron chi connectivity index (χ4n) is 0. The van der Waals surface area contributed by atoms with Crippen molar-refractivity contribution in [3.63, 3.8) is 0 Å². The van der Waals surface area contributed by atoms with Gasteiger partial charge in [0.2, 0.25) is 0 Å². The minimum atomic E-state index is -4.07. The van der Waals surface area contributed by atoms with E-state index in [1.165, 1.54) is 0 Å². The van der Waals surface area contributed by atoms with Gasteiger partial charge in [-0.3, -0.25) is 0 Å². The molecule has 0 aromatic rings. The van der Waals surface area contributed by atoms with Crippen LogP contribution in [0.2, 0.25) is 0 Å². The Morgan fingerprint density at radius 3 is 1.50 bits per heavy atom. The zero-order valence-electron chi connectivity index (χ0n) is 3.05. The first-order chi connectivity index (χ1) is 2.56. The van der Waals surface area contributed by atoms with Crippen LogP contribution in [0, 0.1) is 0 Å². The van der Waals surface area contributed by atoms with E-state index in [9.17, 15) is 13.2 Å². The molecular weight excluding hydrogens is 95.0 g/mol. The highest BCUT2D eigenvalue weighted by molar-refractivity contribution is 4.37. The van der Waals surface area contributed by atoms with Crippen molar-refractivity contribution in [1.29, 1.82) is 0 Å². The summed E-state index contributed by atoms with van der Waals surface area (Å²) >= 11 is 0. The van der Waals surface area contributed by atoms with Crippen LogP contribution < -0.4 is 5.73 Å². The second kappa shape index (κ2) is 1.47. The summed E-state index contributed by atoms with van der Waals surface area (Å²) in [5.41, 5.74) is 2.63. The van der Waals surface area contributed by atoms with Crippen molar-refractivity contribution in [1.82, 2.24) is 0 Å². The lowest BCUT2D eigenvalue weighted by atomic mass is 10.7. The van der Waals surface area contributed by atoms with E-state index in [1.807, 2.05) is 0 Å². The summed E-state index contributed by atoms with van der Waals surface area (Å²) in [7, 11) is 0. The highest BCUT2D eigenvalue weighted by Crippen LogP contribution is 2.09. The van der Waals surface area contributed by atoms with Gasteiger partial charge in [0, 0.05) is 0 Å². The van der Waals surface area contributed by atoms with Gasteiger partial charge in [-0.2, -0.15) is 13.2 Å². The Bertz CT molecular complexity index is 38.5. The minimum absolute atomic E-state index is 0.979. The molecule has 0 saturated heterocycles. The zero-order chi connectivity index (χ0) is 5.21. The lowest BCUT2D eigenvalue weighted by Crippen LogP contribution is -2.57. The molecule has 4 heteroatoms. The summed E-state index contributed by atoms with van der Waals surface area (Å²) in [6.07, 6.45) is -4.07. The average molecular weight is 100 g/mol. The molecule has 0 aliphatic heterocycles. The highest BCUT2D eigenvalue weighted by atomic mass is 19.4. The van der Waals surface area contributed by atoms with Crippen LogP contribution in [0.5, 0.6) is 0 Å². The molecule has 38 valence electrons. The number of hydrogen-bond acceptors (Lipinski definition) is 0. The molecule has 1 nitrogen and oxygen atoms in total. The van der Waals surface area contributed by atoms with Gasteiger partial charge >= 0.3 is 6.18 Å². The Kier molecular flexibility index (Phi) is 1.40. The van der Waals surface area contributed by atoms with Gasteiger partial charge in [-0.05, 0) is 0 Å². The number of rotatable bonds is 0. The second-order valence-corrected chi connectivity index (χ2v) is 0.865. The smallest absolute Gasteiger partial charge is 0.350 e. The molecule has 0 fully saturated rings. The molecule has 0 aromatic heterocycles. The van der Waals surface area contributed by atoms with Gasteiger partial charge in [-0.25, -0.2) is 0 Å². The molecule has 0 radical (unpaired) electrons. The topological polar surface area (TPSA) is 27.6 Å². The Morgan fingerprint density at radius 1 is 1.33 bits per heavy atom. The summed E-state index contributed by atoms with van der Waals surface area (Å²) in [5, 5.41) is 0. The Morgan fingerprint density at radius 2 is 1.50 bits per heavy atom. The summed E-state index contributed by atoms with van der Waals surface area (Å²) < 4.78 is 32.2. The van der Waals surface area contributed by atoms with Crippen molar-refractivity contribution < 1.29 is 18.9 Å². The predicted molar refractivity (Wildman–Crippen MR) is 13.8 cm³/mol. The van der Waals surface area contributed by atoms with Crippen LogP contribution in [-0.4, -0.2) is 12.7 Å². The van der Waals surface area contributed by atoms with Gasteiger partial charge in [-0.15, -0.1) is 0 Å². The highest BCUT2D eigenvalue weighted by Gasteiger charge is 2.26. The van der Waals surface area contributed by atoms with Gasteiger partial charge in [-0.1, -0.05) is 0 Å². The van der Waals surface area contributed by atoms with Crippen molar-refractivity contribution in [2.45, 2.75) is 6.18 Å². The molecule has 0 atom stereocenters. The van der Waals surface area contributed by atoms with Crippen LogP contribution in [0.25, 0.3) is 0 Å². The first kappa shape index (κ1) is 5.75. The second-order valence-electron chi connectivity index (χ2n) is 0.865. The fourth-order valence-corrected chi connectivity index (χ4v) is 0. The molecule has 0 rings (SSSR count). The van der Waals surface area contributed by atoms with Gasteiger partial charge in [0.1, 0.15) is 0 Å². The molecule has 3 N–H and O–H groups in total. The maximum absolute atomic E-state index is 10.7. The number of alkyl halides is 3. The maximum atomic E-state index is 10.7. The minimum Gasteiger partial charge on any atom is -0.350 e. The van der Waals surface area contributed by atoms with Gasteiger partial charge in [0.25, 0.3) is 0 Å². The molecule has 0 aliphatic rings. The lowest BCUT2D eigenvalue weighted by molar-refractivity contribution is -0.426. The van der Waals surface area contributed by atoms with Gasteiger partial charge < -0.3 is 5.73 Å². The average Bonchev–Trinajstić information content (AvgIpc) is 1.35. The summed E-state index contributed by atoms with van der Waals surface area (Å²) in [6, 6.07) is 0. The monoisotopic (exact) mass is 100 g/mol. The third kappa shape index (κ3) is 3.75. The maximum Gasteiger partial charge on any atom is 0.438 e. The van der Waals surface area contributed by atoms with Crippen LogP contribution in [0.4, 0.5) is 13.2 Å². The SMILES string of the molecule is [NH3+]CC(F)(F)F. The predicted octanol–water partition coefficient (Wildman–Crippen LogP) is -0.209. The number of hydrogen-bond donors (Lipinski definition) is 1. The Hall–Kier alpha value is -0.250. The van der Waals surface area contributed by atoms with Crippen molar-refractivity contribution in [2.24, 2.45) is 0 Å². The zero-order valence-corrected chi connectivity index (χ0v) is 3.05. The Labute approximate surface area is 32.9 Å². The molecule has 0 amide bonds. The summed E-state index contributed by atoms with van der Waals surface area (Å²) in [6.45, 7) is -0.979. The van der Waals surface area contributed by atoms with E-state index in [0.29, 0.717) is 0 Å². The molecule has 0 aliphatic carbocycles. The van der Waals surface area contributed by atoms with Crippen LogP contribution >= 0.6 is 0 Å². The first-order valence-corrected chi connectivity index (χ1v) is 1.42. The molecule has 0 heterocycles. The van der Waals surface area contributed by atoms with Crippen LogP contribution in [0.1, 0.15) is 0 Å². The van der Waals surface area contributed by atoms with Crippen molar-refractivity contribution in [2.75, 3.05) is 6.54 Å². The normalized spacial score (nSPS) is 12.0. The summed E-state index contributed by atoms with van der Waals surface area (Å²) in [4.78, 5) is 0. The van der Waals surface area contributed by atoms with E-state index in [0.717, 1.165) is 0 Å². The largest absolute Gasteiger partial charge is 0.438 e. The van der Waals surface area contributed by atoms with Crippen molar-refractivity contribution in [3.8, 4) is 0 Å². The standard InChI is InChI=1S/C2H4F3N/c3-2(4,5)1-6/h1,6H2/p+1. The van der Waals surface area contributed by atoms with E-state index in [-0.39, 0.29) is 0 Å². The van der Waals surface area contributed by atoms with E-state index >= 15 is 0 Å². The van der Waals surface area contributed by atoms with Crippen molar-refractivity contribution >= 4 is 0 Å². The van der Waals surface area contributed by atoms with Crippen LogP contribution in [-0.2, 0) is 0 Å². The fraction of sp³-hybridized carbons (Fsp3) is 1.00. The summed E-state index contributed by atoms with van der Waals surface area (Å²) in [5.74, 6) is 0. The van der Waals surface area contributed by atoms with Gasteiger partial charge in [0.05, 0.1) is 0 Å². The van der Waals surface area contributed by atoms with Crippen LogP contribution in [0.3, 0.4) is 0 Å². The third-order valence-electron chi connectivity index (χ3n) is 0.283. The van der Waals surface area contributed by atoms with E-state index in [1.54, 1.807) is 0 Å². The van der Waals surface area contributed by atoms with Gasteiger partial charge in [0.15, 0.2) is 6.54 Å². The van der Waals surface area contributed by atoms with E-state index in [4.69, 9.17) is 0 Å². The lowest BCUT2D eigenvalue weighted by Gasteiger charge is -1.93. The molecule has 0 bridgehead atoms. The third-order valence-corrected chi connectivity index (χ3v) is 0.283. The molecule has 0 aromatic carbocycles. The molecular formula is C2H5F3N+. The molecule has 0 unspecified atom stereocenters. The molecule has 0 saturated carbocycles. The Balaban J connectivity index is 3.17. The number of halogens is 3. The first-order valence-electron chi connectivity index (χ1n) is 1.42. The van der Waals surface area contributed by atoms with Crippen molar-refractivity contribution in [3.05, 3.63) is 0 Å². The molecule has 6 heavy (non-hydrogen) atoms. The number of quaternary nitrogens is 1. The van der Waals surface area contributed by atoms with E-state index in [2.05, 4.69) is 5.73 Å². The van der Waals surface area contributed by atoms with E-state index < -0.39 is 12.7 Å². The quantitative estimate of drug-likeness (QED) is 0.436. The molecule has 0 spiro atoms.